The summed E-state index contributed by atoms with van der Waals surface area (Å²) in [7, 11) is 0. The molecule has 14 heavy (non-hydrogen) atoms. The van der Waals surface area contributed by atoms with E-state index >= 15 is 0 Å². The van der Waals surface area contributed by atoms with Gasteiger partial charge < -0.3 is 5.32 Å². The molecule has 0 spiro atoms. The fourth-order valence-corrected chi connectivity index (χ4v) is 1.59. The maximum Gasteiger partial charge on any atom is 0.0208 e. The summed E-state index contributed by atoms with van der Waals surface area (Å²) in [6.07, 6.45) is 10.1. The first-order valence-corrected chi connectivity index (χ1v) is 5.47. The highest BCUT2D eigenvalue weighted by Crippen LogP contribution is 2.16. The minimum absolute atomic E-state index is 0.643. The van der Waals surface area contributed by atoms with Gasteiger partial charge in [0.05, 0.1) is 0 Å². The first kappa shape index (κ1) is 11.3. The molecule has 1 rings (SSSR count). The lowest BCUT2D eigenvalue weighted by Crippen LogP contribution is -2.24. The Kier molecular flexibility index (Phi) is 4.68. The molecular weight excluding hydrogens is 170 g/mol. The molecule has 78 valence electrons. The van der Waals surface area contributed by atoms with Crippen LogP contribution in [0.25, 0.3) is 0 Å². The van der Waals surface area contributed by atoms with E-state index in [2.05, 4.69) is 50.4 Å². The zero-order chi connectivity index (χ0) is 10.4. The largest absolute Gasteiger partial charge is 0.312 e. The lowest BCUT2D eigenvalue weighted by atomic mass is 9.99. The van der Waals surface area contributed by atoms with Crippen molar-refractivity contribution in [2.45, 2.75) is 27.2 Å². The van der Waals surface area contributed by atoms with E-state index in [4.69, 9.17) is 0 Å². The molecule has 0 aromatic heterocycles. The minimum atomic E-state index is 0.643. The van der Waals surface area contributed by atoms with E-state index in [1.807, 2.05) is 0 Å². The Bertz CT molecular complexity index is 256. The van der Waals surface area contributed by atoms with E-state index < -0.39 is 0 Å². The Balaban J connectivity index is 2.78. The number of nitrogens with one attached hydrogen (secondary N) is 1. The quantitative estimate of drug-likeness (QED) is 0.723. The van der Waals surface area contributed by atoms with E-state index in [9.17, 15) is 0 Å². The molecule has 1 heterocycles. The summed E-state index contributed by atoms with van der Waals surface area (Å²) in [5.41, 5.74) is 2.94. The van der Waals surface area contributed by atoms with Gasteiger partial charge in [0.15, 0.2) is 0 Å². The molecule has 0 saturated heterocycles. The number of allylic oxidation sites excluding steroid dienone is 3. The summed E-state index contributed by atoms with van der Waals surface area (Å²) < 4.78 is 0. The average molecular weight is 191 g/mol. The standard InChI is InChI=1S/C13H21N/c1-4-5-13-10-14-9-8-12(13)7-6-11(2)3/h4-7,11,14H,8-10H2,1-3H3/b5-4-,7-6-. The van der Waals surface area contributed by atoms with Gasteiger partial charge in [0, 0.05) is 6.54 Å². The molecule has 0 aromatic rings. The third-order valence-corrected chi connectivity index (χ3v) is 2.35. The zero-order valence-electron chi connectivity index (χ0n) is 9.51. The molecule has 0 amide bonds. The van der Waals surface area contributed by atoms with Crippen LogP contribution in [0.15, 0.2) is 35.5 Å². The van der Waals surface area contributed by atoms with Gasteiger partial charge in [-0.2, -0.15) is 0 Å². The summed E-state index contributed by atoms with van der Waals surface area (Å²) in [4.78, 5) is 0. The smallest absolute Gasteiger partial charge is 0.0208 e. The normalized spacial score (nSPS) is 19.1. The highest BCUT2D eigenvalue weighted by molar-refractivity contribution is 5.36. The highest BCUT2D eigenvalue weighted by atomic mass is 14.9. The van der Waals surface area contributed by atoms with Gasteiger partial charge in [-0.05, 0) is 37.0 Å². The van der Waals surface area contributed by atoms with Crippen molar-refractivity contribution >= 4 is 0 Å². The maximum atomic E-state index is 3.39. The highest BCUT2D eigenvalue weighted by Gasteiger charge is 2.06. The van der Waals surface area contributed by atoms with Crippen LogP contribution in [-0.4, -0.2) is 13.1 Å². The van der Waals surface area contributed by atoms with Gasteiger partial charge in [0.1, 0.15) is 0 Å². The van der Waals surface area contributed by atoms with Crippen LogP contribution in [0.5, 0.6) is 0 Å². The van der Waals surface area contributed by atoms with Gasteiger partial charge >= 0.3 is 0 Å². The van der Waals surface area contributed by atoms with Crippen molar-refractivity contribution < 1.29 is 0 Å². The zero-order valence-corrected chi connectivity index (χ0v) is 9.51. The van der Waals surface area contributed by atoms with Crippen molar-refractivity contribution in [3.8, 4) is 0 Å². The van der Waals surface area contributed by atoms with Crippen LogP contribution in [0.4, 0.5) is 0 Å². The molecular formula is C13H21N. The SMILES string of the molecule is C/C=C\C1=C(/C=C\C(C)C)CCNC1. The number of rotatable bonds is 3. The second-order valence-corrected chi connectivity index (χ2v) is 4.08. The summed E-state index contributed by atoms with van der Waals surface area (Å²) in [5, 5.41) is 3.39. The first-order chi connectivity index (χ1) is 6.74. The average Bonchev–Trinajstić information content (AvgIpc) is 2.17. The number of hydrogen-bond donors (Lipinski definition) is 1. The van der Waals surface area contributed by atoms with Crippen LogP contribution in [-0.2, 0) is 0 Å². The molecule has 0 aromatic carbocycles. The second-order valence-electron chi connectivity index (χ2n) is 4.08. The summed E-state index contributed by atoms with van der Waals surface area (Å²) in [6.45, 7) is 8.63. The summed E-state index contributed by atoms with van der Waals surface area (Å²) in [6, 6.07) is 0. The van der Waals surface area contributed by atoms with Crippen molar-refractivity contribution in [2.24, 2.45) is 5.92 Å². The van der Waals surface area contributed by atoms with Gasteiger partial charge in [-0.1, -0.05) is 38.2 Å². The van der Waals surface area contributed by atoms with Crippen LogP contribution in [0.2, 0.25) is 0 Å². The van der Waals surface area contributed by atoms with E-state index in [1.165, 1.54) is 11.1 Å². The molecule has 1 N–H and O–H groups in total. The molecule has 1 heteroatoms. The third-order valence-electron chi connectivity index (χ3n) is 2.35. The van der Waals surface area contributed by atoms with E-state index in [0.717, 1.165) is 19.5 Å². The third kappa shape index (κ3) is 3.51. The molecule has 0 fully saturated rings. The Hall–Kier alpha value is -0.820. The molecule has 0 aliphatic carbocycles. The molecule has 0 saturated carbocycles. The van der Waals surface area contributed by atoms with Crippen molar-refractivity contribution in [1.82, 2.24) is 5.32 Å². The monoisotopic (exact) mass is 191 g/mol. The lowest BCUT2D eigenvalue weighted by Gasteiger charge is -2.17. The molecule has 0 atom stereocenters. The van der Waals surface area contributed by atoms with Crippen molar-refractivity contribution in [3.63, 3.8) is 0 Å². The fraction of sp³-hybridized carbons (Fsp3) is 0.538. The van der Waals surface area contributed by atoms with E-state index in [1.54, 1.807) is 0 Å². The predicted octanol–water partition coefficient (Wildman–Crippen LogP) is 3.06. The van der Waals surface area contributed by atoms with Crippen LogP contribution < -0.4 is 5.32 Å². The van der Waals surface area contributed by atoms with Gasteiger partial charge in [-0.15, -0.1) is 0 Å². The minimum Gasteiger partial charge on any atom is -0.312 e. The fourth-order valence-electron chi connectivity index (χ4n) is 1.59. The van der Waals surface area contributed by atoms with Crippen molar-refractivity contribution in [3.05, 3.63) is 35.5 Å². The van der Waals surface area contributed by atoms with Crippen LogP contribution in [0.3, 0.4) is 0 Å². The summed E-state index contributed by atoms with van der Waals surface area (Å²) in [5.74, 6) is 0.643. The van der Waals surface area contributed by atoms with Gasteiger partial charge in [0.2, 0.25) is 0 Å². The maximum absolute atomic E-state index is 3.39. The summed E-state index contributed by atoms with van der Waals surface area (Å²) >= 11 is 0. The van der Waals surface area contributed by atoms with Crippen molar-refractivity contribution in [1.29, 1.82) is 0 Å². The molecule has 1 nitrogen and oxygen atoms in total. The van der Waals surface area contributed by atoms with E-state index in [-0.39, 0.29) is 0 Å². The topological polar surface area (TPSA) is 12.0 Å². The Morgan fingerprint density at radius 2 is 2.00 bits per heavy atom. The molecule has 0 radical (unpaired) electrons. The molecule has 1 aliphatic rings. The molecule has 0 unspecified atom stereocenters. The lowest BCUT2D eigenvalue weighted by molar-refractivity contribution is 0.694. The number of hydrogen-bond acceptors (Lipinski definition) is 1. The Morgan fingerprint density at radius 3 is 2.64 bits per heavy atom. The molecule has 0 bridgehead atoms. The van der Waals surface area contributed by atoms with Crippen LogP contribution >= 0.6 is 0 Å². The predicted molar refractivity (Wildman–Crippen MR) is 63.3 cm³/mol. The first-order valence-electron chi connectivity index (χ1n) is 5.47. The second kappa shape index (κ2) is 5.82. The Morgan fingerprint density at radius 1 is 1.21 bits per heavy atom. The Labute approximate surface area is 87.6 Å². The van der Waals surface area contributed by atoms with Crippen molar-refractivity contribution in [2.75, 3.05) is 13.1 Å². The van der Waals surface area contributed by atoms with Gasteiger partial charge in [-0.25, -0.2) is 0 Å². The van der Waals surface area contributed by atoms with Crippen LogP contribution in [0, 0.1) is 5.92 Å². The van der Waals surface area contributed by atoms with Gasteiger partial charge in [0.25, 0.3) is 0 Å². The molecule has 1 aliphatic heterocycles. The van der Waals surface area contributed by atoms with Gasteiger partial charge in [-0.3, -0.25) is 0 Å². The van der Waals surface area contributed by atoms with Crippen LogP contribution in [0.1, 0.15) is 27.2 Å². The van der Waals surface area contributed by atoms with E-state index in [0.29, 0.717) is 5.92 Å².